The van der Waals surface area contributed by atoms with E-state index in [9.17, 15) is 4.79 Å². The lowest BCUT2D eigenvalue weighted by atomic mass is 10.4. The first-order valence-electron chi connectivity index (χ1n) is 4.98. The molecule has 14 heavy (non-hydrogen) atoms. The number of hydrogen-bond acceptors (Lipinski definition) is 3. The molecule has 0 aromatic heterocycles. The molecular weight excluding hydrogens is 178 g/mol. The summed E-state index contributed by atoms with van der Waals surface area (Å²) in [5.74, 6) is 0.135. The number of nitrogens with zero attached hydrogens (tertiary/aromatic N) is 3. The van der Waals surface area contributed by atoms with Gasteiger partial charge in [-0.15, -0.1) is 0 Å². The summed E-state index contributed by atoms with van der Waals surface area (Å²) in [7, 11) is 1.86. The topological polar surface area (TPSA) is 47.3 Å². The molecule has 0 atom stereocenters. The summed E-state index contributed by atoms with van der Waals surface area (Å²) in [6.45, 7) is 6.50. The zero-order valence-electron chi connectivity index (χ0n) is 9.29. The molecule has 0 fully saturated rings. The highest BCUT2D eigenvalue weighted by molar-refractivity contribution is 5.78. The lowest BCUT2D eigenvalue weighted by Gasteiger charge is -2.22. The molecule has 0 N–H and O–H groups in total. The Hall–Kier alpha value is -1.08. The molecule has 0 spiro atoms. The van der Waals surface area contributed by atoms with E-state index in [1.165, 1.54) is 0 Å². The second-order valence-corrected chi connectivity index (χ2v) is 3.21. The van der Waals surface area contributed by atoms with E-state index < -0.39 is 0 Å². The van der Waals surface area contributed by atoms with Crippen LogP contribution in [0.1, 0.15) is 20.3 Å². The molecule has 0 rings (SSSR count). The molecule has 0 aromatic carbocycles. The zero-order valence-corrected chi connectivity index (χ0v) is 9.29. The van der Waals surface area contributed by atoms with Gasteiger partial charge in [0.1, 0.15) is 0 Å². The van der Waals surface area contributed by atoms with Crippen molar-refractivity contribution in [1.29, 1.82) is 5.26 Å². The predicted molar refractivity (Wildman–Crippen MR) is 55.7 cm³/mol. The maximum absolute atomic E-state index is 11.6. The van der Waals surface area contributed by atoms with Crippen molar-refractivity contribution < 1.29 is 4.79 Å². The summed E-state index contributed by atoms with van der Waals surface area (Å²) >= 11 is 0. The monoisotopic (exact) mass is 197 g/mol. The molecule has 0 aliphatic rings. The number of carbonyl (C=O) groups is 1. The van der Waals surface area contributed by atoms with Crippen molar-refractivity contribution in [2.45, 2.75) is 20.3 Å². The predicted octanol–water partition coefficient (Wildman–Crippen LogP) is 0.700. The Kier molecular flexibility index (Phi) is 6.77. The molecule has 0 aliphatic heterocycles. The van der Waals surface area contributed by atoms with Crippen molar-refractivity contribution in [3.8, 4) is 6.07 Å². The van der Waals surface area contributed by atoms with Gasteiger partial charge in [-0.2, -0.15) is 5.26 Å². The summed E-state index contributed by atoms with van der Waals surface area (Å²) in [6.07, 6.45) is 0.474. The van der Waals surface area contributed by atoms with E-state index >= 15 is 0 Å². The third kappa shape index (κ3) is 4.83. The van der Waals surface area contributed by atoms with Crippen molar-refractivity contribution >= 4 is 5.91 Å². The van der Waals surface area contributed by atoms with Gasteiger partial charge in [0.25, 0.3) is 0 Å². The molecule has 80 valence electrons. The Morgan fingerprint density at radius 2 is 1.93 bits per heavy atom. The van der Waals surface area contributed by atoms with Crippen LogP contribution in [0.15, 0.2) is 0 Å². The Bertz CT molecular complexity index is 206. The van der Waals surface area contributed by atoms with Gasteiger partial charge in [0.2, 0.25) is 5.91 Å². The highest BCUT2D eigenvalue weighted by atomic mass is 16.2. The minimum Gasteiger partial charge on any atom is -0.342 e. The largest absolute Gasteiger partial charge is 0.342 e. The maximum Gasteiger partial charge on any atom is 0.236 e. The molecule has 0 aromatic rings. The van der Waals surface area contributed by atoms with Gasteiger partial charge in [-0.1, -0.05) is 0 Å². The van der Waals surface area contributed by atoms with Crippen LogP contribution >= 0.6 is 0 Å². The van der Waals surface area contributed by atoms with Crippen LogP contribution in [0.4, 0.5) is 0 Å². The molecule has 0 unspecified atom stereocenters. The fourth-order valence-corrected chi connectivity index (χ4v) is 1.23. The number of likely N-dealkylation sites (N-methyl/N-ethyl adjacent to an activating group) is 2. The number of rotatable bonds is 6. The van der Waals surface area contributed by atoms with Crippen LogP contribution in [0.25, 0.3) is 0 Å². The Balaban J connectivity index is 3.86. The molecule has 0 heterocycles. The highest BCUT2D eigenvalue weighted by Gasteiger charge is 2.11. The average molecular weight is 197 g/mol. The lowest BCUT2D eigenvalue weighted by Crippen LogP contribution is -2.39. The van der Waals surface area contributed by atoms with Crippen LogP contribution < -0.4 is 0 Å². The standard InChI is InChI=1S/C10H19N3O/c1-4-13(5-2)10(14)9-12(3)8-6-7-11/h4-6,8-9H2,1-3H3. The normalized spacial score (nSPS) is 9.93. The minimum absolute atomic E-state index is 0.135. The Labute approximate surface area is 86.1 Å². The van der Waals surface area contributed by atoms with Crippen molar-refractivity contribution in [1.82, 2.24) is 9.80 Å². The van der Waals surface area contributed by atoms with Crippen LogP contribution in [0, 0.1) is 11.3 Å². The lowest BCUT2D eigenvalue weighted by molar-refractivity contribution is -0.131. The molecular formula is C10H19N3O. The van der Waals surface area contributed by atoms with Crippen molar-refractivity contribution in [3.63, 3.8) is 0 Å². The first kappa shape index (κ1) is 12.9. The summed E-state index contributed by atoms with van der Waals surface area (Å²) in [4.78, 5) is 15.3. The van der Waals surface area contributed by atoms with Gasteiger partial charge in [-0.3, -0.25) is 9.69 Å². The SMILES string of the molecule is CCN(CC)C(=O)CN(C)CCC#N. The molecule has 0 saturated carbocycles. The van der Waals surface area contributed by atoms with Gasteiger partial charge in [0.05, 0.1) is 12.6 Å². The fourth-order valence-electron chi connectivity index (χ4n) is 1.23. The molecule has 1 amide bonds. The highest BCUT2D eigenvalue weighted by Crippen LogP contribution is 1.93. The average Bonchev–Trinajstić information content (AvgIpc) is 2.16. The van der Waals surface area contributed by atoms with E-state index in [0.717, 1.165) is 13.1 Å². The number of amides is 1. The van der Waals surface area contributed by atoms with E-state index in [0.29, 0.717) is 19.5 Å². The Morgan fingerprint density at radius 3 is 2.36 bits per heavy atom. The number of nitriles is 1. The van der Waals surface area contributed by atoms with Crippen LogP contribution in [-0.4, -0.2) is 48.9 Å². The summed E-state index contributed by atoms with van der Waals surface area (Å²) in [6, 6.07) is 2.06. The van der Waals surface area contributed by atoms with Crippen LogP contribution in [0.3, 0.4) is 0 Å². The van der Waals surface area contributed by atoms with Gasteiger partial charge in [0.15, 0.2) is 0 Å². The zero-order chi connectivity index (χ0) is 11.0. The van der Waals surface area contributed by atoms with Gasteiger partial charge in [-0.25, -0.2) is 0 Å². The second kappa shape index (κ2) is 7.34. The molecule has 0 aliphatic carbocycles. The van der Waals surface area contributed by atoms with Gasteiger partial charge in [-0.05, 0) is 20.9 Å². The molecule has 0 bridgehead atoms. The van der Waals surface area contributed by atoms with Crippen LogP contribution in [0.5, 0.6) is 0 Å². The maximum atomic E-state index is 11.6. The first-order valence-corrected chi connectivity index (χ1v) is 4.98. The van der Waals surface area contributed by atoms with E-state index in [-0.39, 0.29) is 5.91 Å². The quantitative estimate of drug-likeness (QED) is 0.629. The third-order valence-electron chi connectivity index (χ3n) is 2.13. The summed E-state index contributed by atoms with van der Waals surface area (Å²) in [5, 5.41) is 8.38. The number of hydrogen-bond donors (Lipinski definition) is 0. The van der Waals surface area contributed by atoms with Crippen molar-refractivity contribution in [2.24, 2.45) is 0 Å². The third-order valence-corrected chi connectivity index (χ3v) is 2.13. The summed E-state index contributed by atoms with van der Waals surface area (Å²) in [5.41, 5.74) is 0. The van der Waals surface area contributed by atoms with Crippen LogP contribution in [0.2, 0.25) is 0 Å². The van der Waals surface area contributed by atoms with E-state index in [4.69, 9.17) is 5.26 Å². The smallest absolute Gasteiger partial charge is 0.236 e. The molecule has 0 saturated heterocycles. The van der Waals surface area contributed by atoms with Gasteiger partial charge < -0.3 is 4.90 Å². The molecule has 4 heteroatoms. The second-order valence-electron chi connectivity index (χ2n) is 3.21. The Morgan fingerprint density at radius 1 is 1.36 bits per heavy atom. The van der Waals surface area contributed by atoms with Crippen LogP contribution in [-0.2, 0) is 4.79 Å². The van der Waals surface area contributed by atoms with Gasteiger partial charge >= 0.3 is 0 Å². The van der Waals surface area contributed by atoms with Gasteiger partial charge in [0, 0.05) is 26.1 Å². The van der Waals surface area contributed by atoms with E-state index in [2.05, 4.69) is 6.07 Å². The van der Waals surface area contributed by atoms with E-state index in [1.807, 2.05) is 25.8 Å². The first-order chi connectivity index (χ1) is 6.65. The number of carbonyl (C=O) groups excluding carboxylic acids is 1. The van der Waals surface area contributed by atoms with E-state index in [1.54, 1.807) is 4.90 Å². The fraction of sp³-hybridized carbons (Fsp3) is 0.800. The minimum atomic E-state index is 0.135. The molecule has 0 radical (unpaired) electrons. The van der Waals surface area contributed by atoms with Crippen molar-refractivity contribution in [3.05, 3.63) is 0 Å². The summed E-state index contributed by atoms with van der Waals surface area (Å²) < 4.78 is 0. The molecule has 4 nitrogen and oxygen atoms in total. The van der Waals surface area contributed by atoms with Crippen molar-refractivity contribution in [2.75, 3.05) is 33.2 Å².